The molecule has 1 aromatic carbocycles. The molecule has 3 rings (SSSR count). The zero-order valence-electron chi connectivity index (χ0n) is 13.4. The summed E-state index contributed by atoms with van der Waals surface area (Å²) in [5.74, 6) is -1.31. The lowest BCUT2D eigenvalue weighted by molar-refractivity contribution is -0.138. The van der Waals surface area contributed by atoms with Crippen molar-refractivity contribution < 1.29 is 24.2 Å². The van der Waals surface area contributed by atoms with Crippen LogP contribution in [0.1, 0.15) is 17.9 Å². The maximum absolute atomic E-state index is 13.0. The monoisotopic (exact) mass is 336 g/mol. The Morgan fingerprint density at radius 1 is 1.29 bits per heavy atom. The van der Waals surface area contributed by atoms with Crippen LogP contribution in [-0.2, 0) is 9.59 Å². The molecule has 1 saturated heterocycles. The van der Waals surface area contributed by atoms with Gasteiger partial charge in [0.1, 0.15) is 5.82 Å². The van der Waals surface area contributed by atoms with Crippen LogP contribution in [0.4, 0.5) is 4.39 Å². The summed E-state index contributed by atoms with van der Waals surface area (Å²) in [4.78, 5) is 26.6. The van der Waals surface area contributed by atoms with E-state index in [4.69, 9.17) is 5.11 Å². The van der Waals surface area contributed by atoms with Crippen molar-refractivity contribution in [1.82, 2.24) is 9.80 Å². The van der Waals surface area contributed by atoms with Gasteiger partial charge in [0.2, 0.25) is 5.91 Å². The van der Waals surface area contributed by atoms with Gasteiger partial charge in [-0.25, -0.2) is 4.39 Å². The lowest BCUT2D eigenvalue weighted by Gasteiger charge is -2.24. The minimum absolute atomic E-state index is 0.0189. The zero-order valence-corrected chi connectivity index (χ0v) is 13.4. The molecule has 1 aromatic rings. The Morgan fingerprint density at radius 2 is 1.96 bits per heavy atom. The Hall–Kier alpha value is -1.99. The normalized spacial score (nSPS) is 29.1. The number of carbonyl (C=O) groups is 2. The minimum atomic E-state index is -0.965. The number of aliphatic carboxylic acids is 1. The Labute approximate surface area is 139 Å². The number of amides is 1. The number of β-amino-alcohol motifs (C(OH)–C–C–N with tert-alkyl or cyclic N) is 1. The zero-order chi connectivity index (χ0) is 17.4. The molecule has 7 heteroatoms. The van der Waals surface area contributed by atoms with E-state index in [1.807, 2.05) is 0 Å². The molecule has 2 aliphatic rings. The highest BCUT2D eigenvalue weighted by Crippen LogP contribution is 2.48. The van der Waals surface area contributed by atoms with Gasteiger partial charge in [0, 0.05) is 19.0 Å². The molecular formula is C17H21FN2O4. The Kier molecular flexibility index (Phi) is 4.56. The number of nitrogens with zero attached hydrogens (tertiary/aromatic N) is 2. The number of hydrogen-bond acceptors (Lipinski definition) is 4. The van der Waals surface area contributed by atoms with Gasteiger partial charge in [0.15, 0.2) is 0 Å². The van der Waals surface area contributed by atoms with Crippen molar-refractivity contribution in [2.45, 2.75) is 24.5 Å². The highest BCUT2D eigenvalue weighted by atomic mass is 19.1. The van der Waals surface area contributed by atoms with Crippen molar-refractivity contribution in [3.05, 3.63) is 35.6 Å². The summed E-state index contributed by atoms with van der Waals surface area (Å²) in [5.41, 5.74) is 0.953. The maximum Gasteiger partial charge on any atom is 0.317 e. The number of carbonyl (C=O) groups excluding carboxylic acids is 1. The minimum Gasteiger partial charge on any atom is -0.480 e. The molecular weight excluding hydrogens is 315 g/mol. The van der Waals surface area contributed by atoms with Crippen molar-refractivity contribution in [2.75, 3.05) is 26.7 Å². The molecule has 0 spiro atoms. The third kappa shape index (κ3) is 3.42. The number of likely N-dealkylation sites (N-methyl/N-ethyl adjacent to an activating group) is 1. The Morgan fingerprint density at radius 3 is 2.58 bits per heavy atom. The first-order valence-electron chi connectivity index (χ1n) is 8.01. The number of rotatable bonds is 5. The smallest absolute Gasteiger partial charge is 0.317 e. The average molecular weight is 336 g/mol. The van der Waals surface area contributed by atoms with Crippen LogP contribution >= 0.6 is 0 Å². The van der Waals surface area contributed by atoms with E-state index in [9.17, 15) is 19.1 Å². The number of carboxylic acid groups (broad SMARTS) is 1. The number of aliphatic hydroxyl groups is 1. The first kappa shape index (κ1) is 16.9. The second-order valence-electron chi connectivity index (χ2n) is 6.69. The van der Waals surface area contributed by atoms with Gasteiger partial charge in [-0.05, 0) is 37.1 Å². The first-order chi connectivity index (χ1) is 11.4. The molecule has 0 aromatic heterocycles. The van der Waals surface area contributed by atoms with Gasteiger partial charge in [-0.1, -0.05) is 12.1 Å². The fourth-order valence-corrected chi connectivity index (χ4v) is 3.49. The highest BCUT2D eigenvalue weighted by Gasteiger charge is 2.48. The Bertz CT molecular complexity index is 636. The lowest BCUT2D eigenvalue weighted by atomic mass is 10.1. The highest BCUT2D eigenvalue weighted by molar-refractivity contribution is 5.83. The van der Waals surface area contributed by atoms with Gasteiger partial charge in [-0.2, -0.15) is 0 Å². The second kappa shape index (κ2) is 6.49. The summed E-state index contributed by atoms with van der Waals surface area (Å²) in [6.45, 7) is 0.377. The van der Waals surface area contributed by atoms with E-state index in [1.165, 1.54) is 12.1 Å². The number of halogens is 1. The molecule has 1 amide bonds. The molecule has 3 unspecified atom stereocenters. The summed E-state index contributed by atoms with van der Waals surface area (Å²) in [7, 11) is 1.63. The molecule has 2 fully saturated rings. The van der Waals surface area contributed by atoms with Crippen molar-refractivity contribution >= 4 is 11.9 Å². The predicted molar refractivity (Wildman–Crippen MR) is 83.9 cm³/mol. The molecule has 1 aliphatic heterocycles. The van der Waals surface area contributed by atoms with Crippen LogP contribution in [0, 0.1) is 11.7 Å². The number of likely N-dealkylation sites (tertiary alicyclic amines) is 1. The van der Waals surface area contributed by atoms with Gasteiger partial charge in [-0.3, -0.25) is 14.5 Å². The van der Waals surface area contributed by atoms with Gasteiger partial charge in [0.25, 0.3) is 0 Å². The fraction of sp³-hybridized carbons (Fsp3) is 0.529. The summed E-state index contributed by atoms with van der Waals surface area (Å²) in [5, 5.41) is 19.0. The van der Waals surface area contributed by atoms with Crippen LogP contribution in [0.5, 0.6) is 0 Å². The van der Waals surface area contributed by atoms with Gasteiger partial charge in [-0.15, -0.1) is 0 Å². The van der Waals surface area contributed by atoms with E-state index in [-0.39, 0.29) is 42.7 Å². The molecule has 130 valence electrons. The van der Waals surface area contributed by atoms with E-state index < -0.39 is 12.1 Å². The van der Waals surface area contributed by atoms with E-state index in [2.05, 4.69) is 0 Å². The largest absolute Gasteiger partial charge is 0.480 e. The van der Waals surface area contributed by atoms with E-state index in [0.717, 1.165) is 12.0 Å². The van der Waals surface area contributed by atoms with E-state index in [1.54, 1.807) is 29.0 Å². The molecule has 1 aliphatic carbocycles. The first-order valence-corrected chi connectivity index (χ1v) is 8.01. The summed E-state index contributed by atoms with van der Waals surface area (Å²) >= 11 is 0. The van der Waals surface area contributed by atoms with E-state index >= 15 is 0 Å². The van der Waals surface area contributed by atoms with Crippen LogP contribution in [-0.4, -0.2) is 70.7 Å². The van der Waals surface area contributed by atoms with Crippen LogP contribution in [0.15, 0.2) is 24.3 Å². The second-order valence-corrected chi connectivity index (χ2v) is 6.69. The summed E-state index contributed by atoms with van der Waals surface area (Å²) in [6.07, 6.45) is -0.0199. The summed E-state index contributed by atoms with van der Waals surface area (Å²) < 4.78 is 13.0. The predicted octanol–water partition coefficient (Wildman–Crippen LogP) is 0.517. The lowest BCUT2D eigenvalue weighted by Crippen LogP contribution is -2.43. The Balaban J connectivity index is 1.59. The molecule has 0 radical (unpaired) electrons. The number of benzene rings is 1. The topological polar surface area (TPSA) is 81.1 Å². The van der Waals surface area contributed by atoms with Crippen molar-refractivity contribution in [2.24, 2.45) is 5.92 Å². The molecule has 1 saturated carbocycles. The number of hydrogen-bond donors (Lipinski definition) is 2. The van der Waals surface area contributed by atoms with Crippen molar-refractivity contribution in [1.29, 1.82) is 0 Å². The molecule has 24 heavy (non-hydrogen) atoms. The molecule has 0 bridgehead atoms. The van der Waals surface area contributed by atoms with Crippen molar-refractivity contribution in [3.63, 3.8) is 0 Å². The standard InChI is InChI=1S/C17H21FN2O4/c1-19(9-16(22)23)14-7-20(8-15(14)21)17(24)13-6-12(13)10-2-4-11(18)5-3-10/h2-5,12-15,21H,6-9H2,1H3,(H,22,23)/t12?,13?,14?,15-/m1/s1. The number of carboxylic acids is 1. The third-order valence-electron chi connectivity index (χ3n) is 4.93. The van der Waals surface area contributed by atoms with E-state index in [0.29, 0.717) is 6.54 Å². The van der Waals surface area contributed by atoms with Crippen LogP contribution in [0.25, 0.3) is 0 Å². The molecule has 2 N–H and O–H groups in total. The molecule has 4 atom stereocenters. The molecule has 6 nitrogen and oxygen atoms in total. The van der Waals surface area contributed by atoms with Gasteiger partial charge < -0.3 is 15.1 Å². The van der Waals surface area contributed by atoms with Crippen LogP contribution in [0.2, 0.25) is 0 Å². The van der Waals surface area contributed by atoms with Crippen LogP contribution in [0.3, 0.4) is 0 Å². The quantitative estimate of drug-likeness (QED) is 0.819. The van der Waals surface area contributed by atoms with Crippen molar-refractivity contribution in [3.8, 4) is 0 Å². The number of aliphatic hydroxyl groups excluding tert-OH is 1. The molecule has 1 heterocycles. The van der Waals surface area contributed by atoms with Crippen LogP contribution < -0.4 is 0 Å². The average Bonchev–Trinajstić information content (AvgIpc) is 3.22. The summed E-state index contributed by atoms with van der Waals surface area (Å²) in [6, 6.07) is 5.83. The third-order valence-corrected chi connectivity index (χ3v) is 4.93. The van der Waals surface area contributed by atoms with Gasteiger partial charge in [0.05, 0.1) is 18.7 Å². The SMILES string of the molecule is CN(CC(=O)O)C1CN(C(=O)C2CC2c2ccc(F)cc2)C[C@H]1O. The fourth-order valence-electron chi connectivity index (χ4n) is 3.49. The van der Waals surface area contributed by atoms with Gasteiger partial charge >= 0.3 is 5.97 Å². The maximum atomic E-state index is 13.0.